The van der Waals surface area contributed by atoms with Crippen LogP contribution in [-0.4, -0.2) is 15.3 Å². The molecule has 1 heterocycles. The maximum absolute atomic E-state index is 9.26. The smallest absolute Gasteiger partial charge is 0.233 e. The van der Waals surface area contributed by atoms with Gasteiger partial charge in [-0.25, -0.2) is 0 Å². The van der Waals surface area contributed by atoms with Crippen LogP contribution in [0.2, 0.25) is 0 Å². The maximum atomic E-state index is 9.26. The van der Waals surface area contributed by atoms with Crippen molar-refractivity contribution < 1.29 is 9.52 Å². The molecule has 6 heteroatoms. The van der Waals surface area contributed by atoms with E-state index in [1.165, 1.54) is 0 Å². The molecule has 1 aromatic heterocycles. The summed E-state index contributed by atoms with van der Waals surface area (Å²) in [6, 6.07) is 6.23. The van der Waals surface area contributed by atoms with Crippen LogP contribution in [-0.2, 0) is 6.42 Å². The third kappa shape index (κ3) is 3.80. The van der Waals surface area contributed by atoms with Gasteiger partial charge in [0.2, 0.25) is 11.8 Å². The Morgan fingerprint density at radius 1 is 1.14 bits per heavy atom. The number of rotatable bonds is 6. The SMILES string of the molecule is CCC(C)[C@H](N)c1nnc([C@@H](N)Cc2ccc(O)cc2)o1. The first-order valence-electron chi connectivity index (χ1n) is 7.13. The zero-order chi connectivity index (χ0) is 15.4. The van der Waals surface area contributed by atoms with Crippen LogP contribution in [0.3, 0.4) is 0 Å². The van der Waals surface area contributed by atoms with E-state index in [4.69, 9.17) is 15.9 Å². The molecule has 0 aliphatic rings. The summed E-state index contributed by atoms with van der Waals surface area (Å²) < 4.78 is 5.60. The Kier molecular flexibility index (Phi) is 4.93. The first-order chi connectivity index (χ1) is 10.0. The monoisotopic (exact) mass is 290 g/mol. The molecule has 1 unspecified atom stereocenters. The molecule has 1 aromatic carbocycles. The number of nitrogens with two attached hydrogens (primary N) is 2. The molecule has 0 saturated heterocycles. The molecule has 6 nitrogen and oxygen atoms in total. The van der Waals surface area contributed by atoms with Gasteiger partial charge in [-0.3, -0.25) is 0 Å². The fraction of sp³-hybridized carbons (Fsp3) is 0.467. The number of aromatic hydroxyl groups is 1. The normalized spacial score (nSPS) is 15.6. The molecule has 2 rings (SSSR count). The third-order valence-corrected chi connectivity index (χ3v) is 3.71. The van der Waals surface area contributed by atoms with Crippen molar-refractivity contribution in [3.8, 4) is 5.75 Å². The highest BCUT2D eigenvalue weighted by Crippen LogP contribution is 2.23. The average molecular weight is 290 g/mol. The highest BCUT2D eigenvalue weighted by molar-refractivity contribution is 5.26. The second-order valence-corrected chi connectivity index (χ2v) is 5.37. The lowest BCUT2D eigenvalue weighted by Gasteiger charge is -2.13. The quantitative estimate of drug-likeness (QED) is 0.751. The Labute approximate surface area is 124 Å². The van der Waals surface area contributed by atoms with Crippen molar-refractivity contribution in [1.29, 1.82) is 0 Å². The molecule has 0 spiro atoms. The predicted molar refractivity (Wildman–Crippen MR) is 79.4 cm³/mol. The van der Waals surface area contributed by atoms with E-state index in [9.17, 15) is 5.11 Å². The Balaban J connectivity index is 2.04. The van der Waals surface area contributed by atoms with Gasteiger partial charge in [-0.05, 0) is 30.0 Å². The molecule has 21 heavy (non-hydrogen) atoms. The van der Waals surface area contributed by atoms with Gasteiger partial charge in [0.05, 0.1) is 12.1 Å². The number of nitrogens with zero attached hydrogens (tertiary/aromatic N) is 2. The Morgan fingerprint density at radius 2 is 1.76 bits per heavy atom. The standard InChI is InChI=1S/C15H22N4O2/c1-3-9(2)13(17)15-19-18-14(21-15)12(16)8-10-4-6-11(20)7-5-10/h4-7,9,12-13,20H,3,8,16-17H2,1-2H3/t9?,12-,13-/m0/s1. The third-order valence-electron chi connectivity index (χ3n) is 3.71. The largest absolute Gasteiger partial charge is 0.508 e. The van der Waals surface area contributed by atoms with Gasteiger partial charge < -0.3 is 21.0 Å². The molecule has 0 bridgehead atoms. The van der Waals surface area contributed by atoms with Crippen LogP contribution in [0.15, 0.2) is 28.7 Å². The Bertz CT molecular complexity index is 567. The molecule has 0 amide bonds. The minimum absolute atomic E-state index is 0.229. The fourth-order valence-electron chi connectivity index (χ4n) is 2.00. The summed E-state index contributed by atoms with van der Waals surface area (Å²) in [5.74, 6) is 1.32. The summed E-state index contributed by atoms with van der Waals surface area (Å²) >= 11 is 0. The van der Waals surface area contributed by atoms with Crippen molar-refractivity contribution in [2.45, 2.75) is 38.8 Å². The number of hydrogen-bond donors (Lipinski definition) is 3. The molecule has 2 aromatic rings. The van der Waals surface area contributed by atoms with Crippen LogP contribution in [0, 0.1) is 5.92 Å². The zero-order valence-electron chi connectivity index (χ0n) is 12.4. The van der Waals surface area contributed by atoms with Crippen molar-refractivity contribution >= 4 is 0 Å². The van der Waals surface area contributed by atoms with E-state index in [0.29, 0.717) is 18.2 Å². The van der Waals surface area contributed by atoms with E-state index in [0.717, 1.165) is 12.0 Å². The van der Waals surface area contributed by atoms with Crippen LogP contribution in [0.5, 0.6) is 5.75 Å². The lowest BCUT2D eigenvalue weighted by atomic mass is 10.0. The van der Waals surface area contributed by atoms with Crippen LogP contribution >= 0.6 is 0 Å². The lowest BCUT2D eigenvalue weighted by molar-refractivity contribution is 0.341. The average Bonchev–Trinajstić information content (AvgIpc) is 2.98. The number of hydrogen-bond acceptors (Lipinski definition) is 6. The molecule has 0 aliphatic heterocycles. The molecule has 0 aliphatic carbocycles. The first-order valence-corrected chi connectivity index (χ1v) is 7.13. The minimum Gasteiger partial charge on any atom is -0.508 e. The molecule has 5 N–H and O–H groups in total. The Hall–Kier alpha value is -1.92. The maximum Gasteiger partial charge on any atom is 0.233 e. The van der Waals surface area contributed by atoms with Crippen LogP contribution in [0.1, 0.15) is 49.7 Å². The number of benzene rings is 1. The number of phenolic OH excluding ortho intramolecular Hbond substituents is 1. The topological polar surface area (TPSA) is 111 Å². The van der Waals surface area contributed by atoms with Gasteiger partial charge in [0.15, 0.2) is 0 Å². The van der Waals surface area contributed by atoms with Crippen LogP contribution in [0.4, 0.5) is 0 Å². The summed E-state index contributed by atoms with van der Waals surface area (Å²) in [4.78, 5) is 0. The number of phenols is 1. The van der Waals surface area contributed by atoms with Gasteiger partial charge in [-0.1, -0.05) is 32.4 Å². The van der Waals surface area contributed by atoms with E-state index in [1.54, 1.807) is 12.1 Å². The first kappa shape index (κ1) is 15.5. The van der Waals surface area contributed by atoms with E-state index < -0.39 is 0 Å². The molecular formula is C15H22N4O2. The molecule has 0 saturated carbocycles. The molecule has 3 atom stereocenters. The van der Waals surface area contributed by atoms with Gasteiger partial charge in [0, 0.05) is 0 Å². The lowest BCUT2D eigenvalue weighted by Crippen LogP contribution is -2.19. The van der Waals surface area contributed by atoms with Gasteiger partial charge in [0.1, 0.15) is 5.75 Å². The van der Waals surface area contributed by atoms with E-state index in [2.05, 4.69) is 17.1 Å². The second kappa shape index (κ2) is 6.69. The summed E-state index contributed by atoms with van der Waals surface area (Å²) in [6.45, 7) is 4.11. The van der Waals surface area contributed by atoms with Gasteiger partial charge in [-0.15, -0.1) is 10.2 Å². The van der Waals surface area contributed by atoms with Crippen molar-refractivity contribution in [3.05, 3.63) is 41.6 Å². The van der Waals surface area contributed by atoms with Crippen molar-refractivity contribution in [2.75, 3.05) is 0 Å². The second-order valence-electron chi connectivity index (χ2n) is 5.37. The fourth-order valence-corrected chi connectivity index (χ4v) is 2.00. The minimum atomic E-state index is -0.389. The van der Waals surface area contributed by atoms with Crippen molar-refractivity contribution in [1.82, 2.24) is 10.2 Å². The Morgan fingerprint density at radius 3 is 2.38 bits per heavy atom. The molecule has 114 valence electrons. The van der Waals surface area contributed by atoms with Gasteiger partial charge >= 0.3 is 0 Å². The zero-order valence-corrected chi connectivity index (χ0v) is 12.4. The summed E-state index contributed by atoms with van der Waals surface area (Å²) in [5, 5.41) is 17.3. The molecule has 0 fully saturated rings. The van der Waals surface area contributed by atoms with Gasteiger partial charge in [0.25, 0.3) is 0 Å². The van der Waals surface area contributed by atoms with E-state index in [1.807, 2.05) is 19.1 Å². The van der Waals surface area contributed by atoms with E-state index >= 15 is 0 Å². The predicted octanol–water partition coefficient (Wildman–Crippen LogP) is 2.06. The molecular weight excluding hydrogens is 268 g/mol. The summed E-state index contributed by atoms with van der Waals surface area (Å²) in [6.07, 6.45) is 1.50. The highest BCUT2D eigenvalue weighted by atomic mass is 16.4. The molecule has 0 radical (unpaired) electrons. The summed E-state index contributed by atoms with van der Waals surface area (Å²) in [5.41, 5.74) is 13.1. The van der Waals surface area contributed by atoms with Crippen molar-refractivity contribution in [2.24, 2.45) is 17.4 Å². The summed E-state index contributed by atoms with van der Waals surface area (Å²) in [7, 11) is 0. The van der Waals surface area contributed by atoms with Crippen molar-refractivity contribution in [3.63, 3.8) is 0 Å². The van der Waals surface area contributed by atoms with Gasteiger partial charge in [-0.2, -0.15) is 0 Å². The highest BCUT2D eigenvalue weighted by Gasteiger charge is 2.22. The number of aromatic nitrogens is 2. The van der Waals surface area contributed by atoms with Crippen LogP contribution < -0.4 is 11.5 Å². The van der Waals surface area contributed by atoms with Crippen LogP contribution in [0.25, 0.3) is 0 Å². The van der Waals surface area contributed by atoms with E-state index in [-0.39, 0.29) is 23.8 Å².